The minimum atomic E-state index is 0.0951. The number of fused-ring (bicyclic) bond motifs is 1. The number of hydrogen-bond donors (Lipinski definition) is 1. The van der Waals surface area contributed by atoms with Gasteiger partial charge in [-0.2, -0.15) is 0 Å². The molecule has 0 saturated carbocycles. The second-order valence-corrected chi connectivity index (χ2v) is 8.13. The highest BCUT2D eigenvalue weighted by atomic mass is 15.5. The van der Waals surface area contributed by atoms with Crippen LogP contribution in [-0.4, -0.2) is 26.8 Å². The Labute approximate surface area is 177 Å². The summed E-state index contributed by atoms with van der Waals surface area (Å²) in [5.74, 6) is 0.928. The second-order valence-electron chi connectivity index (χ2n) is 8.13. The van der Waals surface area contributed by atoms with E-state index in [2.05, 4.69) is 95.2 Å². The zero-order valence-electron chi connectivity index (χ0n) is 17.2. The smallest absolute Gasteiger partial charge is 0.214 e. The number of rotatable bonds is 5. The molecule has 5 nitrogen and oxygen atoms in total. The van der Waals surface area contributed by atoms with Crippen molar-refractivity contribution in [2.45, 2.75) is 32.5 Å². The van der Waals surface area contributed by atoms with E-state index in [-0.39, 0.29) is 6.04 Å². The van der Waals surface area contributed by atoms with E-state index in [1.165, 1.54) is 32.7 Å². The van der Waals surface area contributed by atoms with Gasteiger partial charge in [0.25, 0.3) is 0 Å². The molecule has 0 spiro atoms. The number of aromatic nitrogens is 4. The second kappa shape index (κ2) is 8.20. The third kappa shape index (κ3) is 3.76. The quantitative estimate of drug-likeness (QED) is 0.564. The summed E-state index contributed by atoms with van der Waals surface area (Å²) < 4.78 is 1.97. The normalized spacial score (nSPS) is 16.8. The Morgan fingerprint density at radius 2 is 1.63 bits per heavy atom. The van der Waals surface area contributed by atoms with Crippen molar-refractivity contribution in [3.05, 3.63) is 113 Å². The Morgan fingerprint density at radius 1 is 0.900 bits per heavy atom. The van der Waals surface area contributed by atoms with E-state index in [0.717, 1.165) is 25.3 Å². The van der Waals surface area contributed by atoms with Gasteiger partial charge in [-0.25, -0.2) is 4.68 Å². The van der Waals surface area contributed by atoms with Gasteiger partial charge in [-0.15, -0.1) is 5.10 Å². The van der Waals surface area contributed by atoms with Gasteiger partial charge in [0, 0.05) is 17.5 Å². The zero-order chi connectivity index (χ0) is 20.3. The number of hydrogen-bond acceptors (Lipinski definition) is 3. The van der Waals surface area contributed by atoms with E-state index in [1.54, 1.807) is 0 Å². The number of nitrogens with zero attached hydrogens (tertiary/aromatic N) is 4. The van der Waals surface area contributed by atoms with Crippen LogP contribution in [0.25, 0.3) is 0 Å². The first-order valence-electron chi connectivity index (χ1n) is 10.6. The lowest BCUT2D eigenvalue weighted by Gasteiger charge is -2.32. The third-order valence-electron chi connectivity index (χ3n) is 6.06. The van der Waals surface area contributed by atoms with Gasteiger partial charge in [0.2, 0.25) is 5.82 Å². The molecule has 1 aliphatic rings. The van der Waals surface area contributed by atoms with Gasteiger partial charge >= 0.3 is 0 Å². The van der Waals surface area contributed by atoms with Crippen LogP contribution in [0.3, 0.4) is 0 Å². The zero-order valence-corrected chi connectivity index (χ0v) is 17.2. The lowest BCUT2D eigenvalue weighted by atomic mass is 9.95. The average molecular weight is 397 g/mol. The van der Waals surface area contributed by atoms with Gasteiger partial charge in [-0.1, -0.05) is 84.4 Å². The van der Waals surface area contributed by atoms with Crippen LogP contribution in [0.2, 0.25) is 0 Å². The Hall–Kier alpha value is -3.31. The fourth-order valence-electron chi connectivity index (χ4n) is 4.46. The number of tetrazole rings is 1. The molecule has 3 aromatic carbocycles. The molecule has 0 amide bonds. The van der Waals surface area contributed by atoms with E-state index >= 15 is 0 Å². The van der Waals surface area contributed by atoms with Crippen molar-refractivity contribution in [2.75, 3.05) is 6.54 Å². The summed E-state index contributed by atoms with van der Waals surface area (Å²) in [7, 11) is 0. The molecule has 1 aromatic heterocycles. The van der Waals surface area contributed by atoms with Gasteiger partial charge in [0.05, 0.1) is 13.1 Å². The molecule has 2 heterocycles. The molecule has 4 aromatic rings. The Bertz CT molecular complexity index is 1120. The van der Waals surface area contributed by atoms with Crippen molar-refractivity contribution < 1.29 is 4.90 Å². The summed E-state index contributed by atoms with van der Waals surface area (Å²) in [4.78, 5) is 1.49. The van der Waals surface area contributed by atoms with Crippen LogP contribution in [0, 0.1) is 6.92 Å². The van der Waals surface area contributed by atoms with E-state index in [9.17, 15) is 0 Å². The highest BCUT2D eigenvalue weighted by Gasteiger charge is 2.34. The maximum Gasteiger partial charge on any atom is 0.214 e. The molecule has 30 heavy (non-hydrogen) atoms. The Kier molecular flexibility index (Phi) is 5.11. The lowest BCUT2D eigenvalue weighted by Crippen LogP contribution is -3.12. The van der Waals surface area contributed by atoms with Crippen LogP contribution in [0.5, 0.6) is 0 Å². The first-order chi connectivity index (χ1) is 14.8. The van der Waals surface area contributed by atoms with Gasteiger partial charge in [-0.05, 0) is 28.5 Å². The van der Waals surface area contributed by atoms with Crippen LogP contribution in [0.4, 0.5) is 0 Å². The van der Waals surface area contributed by atoms with Crippen LogP contribution in [0.15, 0.2) is 78.9 Å². The summed E-state index contributed by atoms with van der Waals surface area (Å²) in [5.41, 5.74) is 6.62. The van der Waals surface area contributed by atoms with Gasteiger partial charge in [0.15, 0.2) is 6.04 Å². The van der Waals surface area contributed by atoms with Crippen LogP contribution >= 0.6 is 0 Å². The number of nitrogens with one attached hydrogen (secondary N) is 1. The number of quaternary nitrogens is 1. The Balaban J connectivity index is 1.53. The maximum absolute atomic E-state index is 4.52. The third-order valence-corrected chi connectivity index (χ3v) is 6.06. The van der Waals surface area contributed by atoms with Crippen molar-refractivity contribution in [1.29, 1.82) is 0 Å². The molecule has 5 rings (SSSR count). The van der Waals surface area contributed by atoms with Crippen molar-refractivity contribution in [3.8, 4) is 0 Å². The summed E-state index contributed by atoms with van der Waals surface area (Å²) >= 11 is 0. The predicted molar refractivity (Wildman–Crippen MR) is 116 cm³/mol. The molecule has 0 fully saturated rings. The average Bonchev–Trinajstić information content (AvgIpc) is 3.23. The summed E-state index contributed by atoms with van der Waals surface area (Å²) in [6, 6.07) is 28.1. The van der Waals surface area contributed by atoms with Crippen LogP contribution < -0.4 is 4.90 Å². The van der Waals surface area contributed by atoms with E-state index < -0.39 is 0 Å². The van der Waals surface area contributed by atoms with Crippen molar-refractivity contribution >= 4 is 0 Å². The molecule has 0 bridgehead atoms. The monoisotopic (exact) mass is 396 g/mol. The fourth-order valence-corrected chi connectivity index (χ4v) is 4.46. The lowest BCUT2D eigenvalue weighted by molar-refractivity contribution is -0.941. The van der Waals surface area contributed by atoms with Gasteiger partial charge in [0.1, 0.15) is 6.54 Å². The van der Waals surface area contributed by atoms with E-state index in [1.807, 2.05) is 10.7 Å². The SMILES string of the molecule is Cc1ccc([C@@H](c2nnnn2Cc2ccccc2)[NH+]2CCc3ccccc3C2)cc1. The van der Waals surface area contributed by atoms with Gasteiger partial charge in [-0.3, -0.25) is 0 Å². The number of benzene rings is 3. The first-order valence-corrected chi connectivity index (χ1v) is 10.6. The molecule has 1 N–H and O–H groups in total. The Morgan fingerprint density at radius 3 is 2.43 bits per heavy atom. The van der Waals surface area contributed by atoms with E-state index in [0.29, 0.717) is 6.54 Å². The molecule has 1 unspecified atom stereocenters. The van der Waals surface area contributed by atoms with Crippen molar-refractivity contribution in [1.82, 2.24) is 20.2 Å². The van der Waals surface area contributed by atoms with Crippen LogP contribution in [-0.2, 0) is 19.5 Å². The summed E-state index contributed by atoms with van der Waals surface area (Å²) in [5, 5.41) is 13.0. The minimum Gasteiger partial charge on any atom is -0.318 e. The molecular formula is C25H26N5+. The van der Waals surface area contributed by atoms with Crippen molar-refractivity contribution in [3.63, 3.8) is 0 Å². The van der Waals surface area contributed by atoms with Crippen LogP contribution in [0.1, 0.15) is 39.7 Å². The first kappa shape index (κ1) is 18.7. The highest BCUT2D eigenvalue weighted by molar-refractivity contribution is 5.29. The molecule has 150 valence electrons. The summed E-state index contributed by atoms with van der Waals surface area (Å²) in [6.07, 6.45) is 1.08. The molecule has 5 heteroatoms. The van der Waals surface area contributed by atoms with E-state index in [4.69, 9.17) is 0 Å². The molecule has 2 atom stereocenters. The number of aryl methyl sites for hydroxylation is 1. The fraction of sp³-hybridized carbons (Fsp3) is 0.240. The molecule has 1 aliphatic heterocycles. The van der Waals surface area contributed by atoms with Gasteiger partial charge < -0.3 is 4.90 Å². The topological polar surface area (TPSA) is 48.0 Å². The minimum absolute atomic E-state index is 0.0951. The van der Waals surface area contributed by atoms with Crippen molar-refractivity contribution in [2.24, 2.45) is 0 Å². The highest BCUT2D eigenvalue weighted by Crippen LogP contribution is 2.21. The summed E-state index contributed by atoms with van der Waals surface area (Å²) in [6.45, 7) is 4.85. The maximum atomic E-state index is 4.52. The molecule has 0 saturated heterocycles. The largest absolute Gasteiger partial charge is 0.318 e. The molecule has 0 aliphatic carbocycles. The predicted octanol–water partition coefficient (Wildman–Crippen LogP) is 2.76. The molecule has 0 radical (unpaired) electrons. The molecular weight excluding hydrogens is 370 g/mol. The standard InChI is InChI=1S/C25H25N5/c1-19-11-13-22(14-12-19)24(29-16-15-21-9-5-6-10-23(21)18-29)25-26-27-28-30(25)17-20-7-3-2-4-8-20/h2-14,24H,15-18H2,1H3/p+1/t24-/m0/s1.